The van der Waals surface area contributed by atoms with Gasteiger partial charge in [-0.15, -0.1) is 0 Å². The first-order chi connectivity index (χ1) is 17.3. The number of piperidine rings is 1. The summed E-state index contributed by atoms with van der Waals surface area (Å²) in [4.78, 5) is 36.8. The molecular weight excluding hydrogens is 478 g/mol. The Balaban J connectivity index is 1.23. The summed E-state index contributed by atoms with van der Waals surface area (Å²) in [7, 11) is -3.91. The molecule has 3 aliphatic heterocycles. The number of nitrogens with one attached hydrogen (secondary N) is 1. The predicted octanol–water partition coefficient (Wildman–Crippen LogP) is 1.90. The molecule has 9 nitrogen and oxygen atoms in total. The number of carbonyl (C=O) groups excluding carboxylic acids is 2. The monoisotopic (exact) mass is 513 g/mol. The van der Waals surface area contributed by atoms with Gasteiger partial charge in [-0.3, -0.25) is 14.6 Å². The van der Waals surface area contributed by atoms with Crippen LogP contribution in [0.25, 0.3) is 10.9 Å². The fourth-order valence-corrected chi connectivity index (χ4v) is 6.96. The van der Waals surface area contributed by atoms with Gasteiger partial charge in [-0.05, 0) is 82.8 Å². The summed E-state index contributed by atoms with van der Waals surface area (Å²) < 4.78 is 28.8. The van der Waals surface area contributed by atoms with Crippen LogP contribution in [0.1, 0.15) is 44.2 Å². The zero-order valence-corrected chi connectivity index (χ0v) is 21.7. The molecule has 2 aromatic rings. The molecule has 3 fully saturated rings. The number of aromatic nitrogens is 1. The molecule has 1 N–H and O–H groups in total. The molecule has 4 heterocycles. The molecule has 5 rings (SSSR count). The van der Waals surface area contributed by atoms with Crippen LogP contribution in [0.15, 0.2) is 35.2 Å². The number of sulfonamides is 1. The third-order valence-electron chi connectivity index (χ3n) is 7.63. The van der Waals surface area contributed by atoms with E-state index in [0.717, 1.165) is 55.6 Å². The lowest BCUT2D eigenvalue weighted by Crippen LogP contribution is -2.55. The van der Waals surface area contributed by atoms with Gasteiger partial charge in [0, 0.05) is 36.8 Å². The third kappa shape index (κ3) is 5.40. The third-order valence-corrected chi connectivity index (χ3v) is 9.10. The van der Waals surface area contributed by atoms with E-state index in [4.69, 9.17) is 0 Å². The Morgan fingerprint density at radius 1 is 1.03 bits per heavy atom. The van der Waals surface area contributed by atoms with Crippen LogP contribution in [0, 0.1) is 6.92 Å². The van der Waals surface area contributed by atoms with Crippen LogP contribution in [0.5, 0.6) is 0 Å². The van der Waals surface area contributed by atoms with Gasteiger partial charge in [-0.25, -0.2) is 8.42 Å². The Morgan fingerprint density at radius 3 is 2.61 bits per heavy atom. The molecule has 0 bridgehead atoms. The van der Waals surface area contributed by atoms with Gasteiger partial charge >= 0.3 is 0 Å². The molecular formula is C26H35N5O4S. The summed E-state index contributed by atoms with van der Waals surface area (Å²) in [5.74, 6) is -0.363. The van der Waals surface area contributed by atoms with Gasteiger partial charge < -0.3 is 14.7 Å². The number of hydrogen-bond donors (Lipinski definition) is 1. The fraction of sp³-hybridized carbons (Fsp3) is 0.577. The highest BCUT2D eigenvalue weighted by Crippen LogP contribution is 2.23. The van der Waals surface area contributed by atoms with Gasteiger partial charge in [-0.1, -0.05) is 6.07 Å². The molecule has 2 amide bonds. The highest BCUT2D eigenvalue weighted by atomic mass is 32.2. The first-order valence-electron chi connectivity index (χ1n) is 13.0. The molecule has 2 atom stereocenters. The smallest absolute Gasteiger partial charge is 0.242 e. The van der Waals surface area contributed by atoms with E-state index in [2.05, 4.69) is 14.6 Å². The average Bonchev–Trinajstić information content (AvgIpc) is 3.54. The largest absolute Gasteiger partial charge is 0.337 e. The van der Waals surface area contributed by atoms with Gasteiger partial charge in [0.15, 0.2) is 0 Å². The molecule has 194 valence electrons. The van der Waals surface area contributed by atoms with Crippen LogP contribution in [-0.4, -0.2) is 91.3 Å². The average molecular weight is 514 g/mol. The van der Waals surface area contributed by atoms with Crippen molar-refractivity contribution in [2.75, 3.05) is 39.3 Å². The lowest BCUT2D eigenvalue weighted by atomic mass is 10.1. The van der Waals surface area contributed by atoms with Crippen LogP contribution in [0.2, 0.25) is 0 Å². The number of pyridine rings is 1. The van der Waals surface area contributed by atoms with E-state index in [0.29, 0.717) is 19.4 Å². The second kappa shape index (κ2) is 10.4. The minimum absolute atomic E-state index is 0.00849. The van der Waals surface area contributed by atoms with Crippen molar-refractivity contribution in [1.29, 1.82) is 0 Å². The maximum absolute atomic E-state index is 13.2. The standard InChI is InChI=1S/C26H35N5O4S/c1-19-8-9-20-16-22(10-11-23(20)27-19)36(34,35)28-24-7-5-14-30(26(24)33)18-25(32)31-15-4-6-21(31)17-29-12-2-3-13-29/h8-11,16,21,24,28H,2-7,12-15,17-18H2,1H3. The quantitative estimate of drug-likeness (QED) is 0.607. The van der Waals surface area contributed by atoms with E-state index in [1.54, 1.807) is 12.1 Å². The number of aryl methyl sites for hydroxylation is 1. The number of hydrogen-bond acceptors (Lipinski definition) is 6. The SMILES string of the molecule is Cc1ccc2cc(S(=O)(=O)NC3CCCN(CC(=O)N4CCCC4CN4CCCC4)C3=O)ccc2n1. The van der Waals surface area contributed by atoms with Crippen LogP contribution < -0.4 is 4.72 Å². The summed E-state index contributed by atoms with van der Waals surface area (Å²) in [6, 6.07) is 7.77. The van der Waals surface area contributed by atoms with Crippen molar-refractivity contribution in [1.82, 2.24) is 24.4 Å². The van der Waals surface area contributed by atoms with Crippen molar-refractivity contribution in [3.63, 3.8) is 0 Å². The van der Waals surface area contributed by atoms with Crippen molar-refractivity contribution >= 4 is 32.7 Å². The number of likely N-dealkylation sites (tertiary alicyclic amines) is 3. The van der Waals surface area contributed by atoms with Crippen molar-refractivity contribution in [2.24, 2.45) is 0 Å². The van der Waals surface area contributed by atoms with E-state index in [1.165, 1.54) is 23.8 Å². The van der Waals surface area contributed by atoms with Gasteiger partial charge in [0.25, 0.3) is 0 Å². The Kier molecular flexibility index (Phi) is 7.28. The van der Waals surface area contributed by atoms with E-state index in [9.17, 15) is 18.0 Å². The zero-order chi connectivity index (χ0) is 25.3. The minimum Gasteiger partial charge on any atom is -0.337 e. The summed E-state index contributed by atoms with van der Waals surface area (Å²) in [6.45, 7) is 6.18. The van der Waals surface area contributed by atoms with Gasteiger partial charge in [0.05, 0.1) is 17.0 Å². The number of fused-ring (bicyclic) bond motifs is 1. The lowest BCUT2D eigenvalue weighted by molar-refractivity contribution is -0.143. The number of carbonyl (C=O) groups is 2. The van der Waals surface area contributed by atoms with Gasteiger partial charge in [0.1, 0.15) is 6.04 Å². The summed E-state index contributed by atoms with van der Waals surface area (Å²) in [6.07, 6.45) is 5.48. The lowest BCUT2D eigenvalue weighted by Gasteiger charge is -2.34. The normalized spacial score (nSPS) is 23.6. The molecule has 2 unspecified atom stereocenters. The van der Waals surface area contributed by atoms with Crippen molar-refractivity contribution < 1.29 is 18.0 Å². The molecule has 1 aromatic heterocycles. The van der Waals surface area contributed by atoms with Crippen LogP contribution in [0.3, 0.4) is 0 Å². The van der Waals surface area contributed by atoms with E-state index < -0.39 is 16.1 Å². The Bertz CT molecular complexity index is 1240. The topological polar surface area (TPSA) is 103 Å². The second-order valence-electron chi connectivity index (χ2n) is 10.3. The van der Waals surface area contributed by atoms with E-state index in [-0.39, 0.29) is 29.3 Å². The number of rotatable bonds is 7. The summed E-state index contributed by atoms with van der Waals surface area (Å²) in [5, 5.41) is 0.722. The molecule has 36 heavy (non-hydrogen) atoms. The molecule has 0 saturated carbocycles. The maximum atomic E-state index is 13.2. The van der Waals surface area contributed by atoms with Crippen molar-refractivity contribution in [2.45, 2.75) is 62.4 Å². The minimum atomic E-state index is -3.91. The van der Waals surface area contributed by atoms with Crippen LogP contribution >= 0.6 is 0 Å². The predicted molar refractivity (Wildman–Crippen MR) is 137 cm³/mol. The van der Waals surface area contributed by atoms with Crippen LogP contribution in [0.4, 0.5) is 0 Å². The fourth-order valence-electron chi connectivity index (χ4n) is 5.71. The molecule has 3 saturated heterocycles. The molecule has 3 aliphatic rings. The molecule has 0 radical (unpaired) electrons. The number of amides is 2. The number of benzene rings is 1. The molecule has 1 aromatic carbocycles. The maximum Gasteiger partial charge on any atom is 0.242 e. The van der Waals surface area contributed by atoms with E-state index in [1.807, 2.05) is 24.0 Å². The number of nitrogens with zero attached hydrogens (tertiary/aromatic N) is 4. The summed E-state index contributed by atoms with van der Waals surface area (Å²) >= 11 is 0. The van der Waals surface area contributed by atoms with E-state index >= 15 is 0 Å². The highest BCUT2D eigenvalue weighted by molar-refractivity contribution is 7.89. The molecule has 0 aliphatic carbocycles. The Labute approximate surface area is 212 Å². The first-order valence-corrected chi connectivity index (χ1v) is 14.5. The second-order valence-corrected chi connectivity index (χ2v) is 12.0. The summed E-state index contributed by atoms with van der Waals surface area (Å²) in [5.41, 5.74) is 1.58. The van der Waals surface area contributed by atoms with Crippen molar-refractivity contribution in [3.05, 3.63) is 36.0 Å². The zero-order valence-electron chi connectivity index (χ0n) is 20.9. The van der Waals surface area contributed by atoms with Crippen molar-refractivity contribution in [3.8, 4) is 0 Å². The van der Waals surface area contributed by atoms with Crippen LogP contribution in [-0.2, 0) is 19.6 Å². The van der Waals surface area contributed by atoms with Gasteiger partial charge in [0.2, 0.25) is 21.8 Å². The Morgan fingerprint density at radius 2 is 1.81 bits per heavy atom. The highest BCUT2D eigenvalue weighted by Gasteiger charge is 2.36. The molecule has 0 spiro atoms. The molecule has 10 heteroatoms. The first kappa shape index (κ1) is 25.1. The van der Waals surface area contributed by atoms with Gasteiger partial charge in [-0.2, -0.15) is 4.72 Å². The Hall–Kier alpha value is -2.56.